The van der Waals surface area contributed by atoms with Crippen LogP contribution in [-0.2, 0) is 113 Å². The molecule has 3 saturated carbocycles. The largest absolute Gasteiger partial charge is 0.435 e. The number of nitrogens with two attached hydrogens (primary N) is 6. The van der Waals surface area contributed by atoms with Crippen molar-refractivity contribution in [3.05, 3.63) is 143 Å². The Hall–Kier alpha value is -15.5. The molecule has 12 aromatic rings. The molecule has 0 saturated heterocycles. The van der Waals surface area contributed by atoms with Gasteiger partial charge in [-0.15, -0.1) is 0 Å². The zero-order chi connectivity index (χ0) is 105. The first-order valence-corrected chi connectivity index (χ1v) is 43.5. The van der Waals surface area contributed by atoms with Gasteiger partial charge in [0.2, 0.25) is 29.5 Å². The maximum Gasteiger partial charge on any atom is 0.435 e. The van der Waals surface area contributed by atoms with Crippen molar-refractivity contribution >= 4 is 105 Å². The fraction of sp³-hybridized carbons (Fsp3) is 0.386. The number of carbonyl (C=O) groups excluding carboxylic acids is 6. The van der Waals surface area contributed by atoms with Gasteiger partial charge in [-0.2, -0.15) is 110 Å². The van der Waals surface area contributed by atoms with E-state index >= 15 is 0 Å². The quantitative estimate of drug-likeness (QED) is 0.0209. The molecule has 3 aliphatic rings. The molecule has 3 aliphatic carbocycles. The molecular formula is C88H98F18N30O7. The third kappa shape index (κ3) is 29.6. The van der Waals surface area contributed by atoms with Gasteiger partial charge in [0.05, 0.1) is 34.2 Å². The number of hydrogen-bond donors (Lipinski definition) is 12. The minimum Gasteiger partial charge on any atom is -0.383 e. The van der Waals surface area contributed by atoms with Crippen LogP contribution < -0.4 is 66.3 Å². The van der Waals surface area contributed by atoms with Crippen LogP contribution in [-0.4, -0.2) is 138 Å². The van der Waals surface area contributed by atoms with Gasteiger partial charge in [0.25, 0.3) is 5.91 Å². The number of amides is 6. The maximum absolute atomic E-state index is 12.8. The van der Waals surface area contributed by atoms with Crippen molar-refractivity contribution in [2.45, 2.75) is 147 Å². The summed E-state index contributed by atoms with van der Waals surface area (Å²) in [6.07, 6.45) is -14.8. The average Bonchev–Trinajstić information content (AvgIpc) is 1.68. The number of alkyl halides is 18. The van der Waals surface area contributed by atoms with E-state index in [0.29, 0.717) is 47.1 Å². The Labute approximate surface area is 801 Å². The highest BCUT2D eigenvalue weighted by atomic mass is 19.4. The first-order chi connectivity index (χ1) is 66.9. The Kier molecular flexibility index (Phi) is 35.1. The predicted molar refractivity (Wildman–Crippen MR) is 490 cm³/mol. The van der Waals surface area contributed by atoms with Crippen molar-refractivity contribution < 1.29 is 113 Å². The SMILES string of the molecule is CCCC(=O)Nc1ccc(-c2cc(C(F)(F)F)nn2C)c(N)n1.CCCCCC(=O)Nc1ccc(-c2cc(C(F)(F)F)nn2C)c(N)n1.COCC(=O)Nc1ccc(-c2cc(C(F)(F)F)nn2C)c(N)n1.Cn1nc(C(F)(F)F)cc1-c1ccc(NC(=O)C2CC2)nc1N.Cn1nc(C(F)(F)F)cc1-c1ccc(NC(=O)C2CCC2)nc1N.Cn1nc(C(F)(F)F)cc1-c1ccc(NC(=O)C2CCCC2)nc1N. The number of pyridine rings is 6. The number of rotatable bonds is 23. The van der Waals surface area contributed by atoms with Crippen molar-refractivity contribution in [2.24, 2.45) is 60.0 Å². The Bertz CT molecular complexity index is 6410. The lowest BCUT2D eigenvalue weighted by molar-refractivity contribution is -0.142. The molecule has 15 rings (SSSR count). The van der Waals surface area contributed by atoms with E-state index in [-0.39, 0.29) is 163 Å². The van der Waals surface area contributed by atoms with E-state index in [1.807, 2.05) is 13.8 Å². The van der Waals surface area contributed by atoms with Crippen LogP contribution in [0, 0.1) is 17.8 Å². The first-order valence-electron chi connectivity index (χ1n) is 43.5. The Morgan fingerprint density at radius 3 is 0.692 bits per heavy atom. The number of aromatic nitrogens is 18. The zero-order valence-electron chi connectivity index (χ0n) is 77.6. The van der Waals surface area contributed by atoms with Crippen molar-refractivity contribution in [1.29, 1.82) is 0 Å². The molecule has 0 atom stereocenters. The van der Waals surface area contributed by atoms with Gasteiger partial charge in [0.15, 0.2) is 34.2 Å². The number of hydrogen-bond acceptors (Lipinski definition) is 25. The van der Waals surface area contributed by atoms with E-state index in [9.17, 15) is 108 Å². The van der Waals surface area contributed by atoms with Crippen molar-refractivity contribution in [1.82, 2.24) is 88.6 Å². The minimum absolute atomic E-state index is 0.000816. The van der Waals surface area contributed by atoms with Crippen LogP contribution in [0.15, 0.2) is 109 Å². The second-order valence-corrected chi connectivity index (χ2v) is 32.6. The number of methoxy groups -OCH3 is 1. The minimum atomic E-state index is -4.55. The third-order valence-corrected chi connectivity index (χ3v) is 21.7. The second-order valence-electron chi connectivity index (χ2n) is 32.6. The Morgan fingerprint density at radius 1 is 0.301 bits per heavy atom. The van der Waals surface area contributed by atoms with Gasteiger partial charge in [-0.3, -0.25) is 56.9 Å². The van der Waals surface area contributed by atoms with E-state index in [0.717, 1.165) is 142 Å². The van der Waals surface area contributed by atoms with Crippen molar-refractivity contribution in [3.8, 4) is 67.5 Å². The van der Waals surface area contributed by atoms with Crippen LogP contribution >= 0.6 is 0 Å². The van der Waals surface area contributed by atoms with E-state index in [1.54, 1.807) is 0 Å². The van der Waals surface area contributed by atoms with Gasteiger partial charge in [-0.25, -0.2) is 29.9 Å². The van der Waals surface area contributed by atoms with Crippen LogP contribution in [0.4, 0.5) is 149 Å². The number of unbranched alkanes of at least 4 members (excludes halogenated alkanes) is 2. The summed E-state index contributed by atoms with van der Waals surface area (Å²) in [6, 6.07) is 23.5. The molecule has 768 valence electrons. The number of nitrogen functional groups attached to an aromatic ring is 6. The summed E-state index contributed by atoms with van der Waals surface area (Å²) in [7, 11) is 9.72. The number of anilines is 12. The van der Waals surface area contributed by atoms with Gasteiger partial charge >= 0.3 is 37.1 Å². The summed E-state index contributed by atoms with van der Waals surface area (Å²) >= 11 is 0. The smallest absolute Gasteiger partial charge is 0.383 e. The van der Waals surface area contributed by atoms with Crippen molar-refractivity contribution in [2.75, 3.05) is 80.0 Å². The molecule has 37 nitrogen and oxygen atoms in total. The molecule has 0 aromatic carbocycles. The van der Waals surface area contributed by atoms with Crippen molar-refractivity contribution in [3.63, 3.8) is 0 Å². The second kappa shape index (κ2) is 45.8. The van der Waals surface area contributed by atoms with Crippen LogP contribution in [0.2, 0.25) is 0 Å². The molecule has 143 heavy (non-hydrogen) atoms. The summed E-state index contributed by atoms with van der Waals surface area (Å²) in [5.41, 5.74) is 32.0. The fourth-order valence-electron chi connectivity index (χ4n) is 14.1. The molecule has 0 unspecified atom stereocenters. The molecule has 6 amide bonds. The molecule has 18 N–H and O–H groups in total. The molecule has 55 heteroatoms. The highest BCUT2D eigenvalue weighted by Gasteiger charge is 2.41. The van der Waals surface area contributed by atoms with E-state index in [1.165, 1.54) is 122 Å². The average molecular weight is 2030 g/mol. The van der Waals surface area contributed by atoms with Gasteiger partial charge in [-0.05, 0) is 161 Å². The van der Waals surface area contributed by atoms with Crippen LogP contribution in [0.25, 0.3) is 67.5 Å². The lowest BCUT2D eigenvalue weighted by Gasteiger charge is -2.23. The zero-order valence-corrected chi connectivity index (χ0v) is 77.6. The molecule has 0 spiro atoms. The number of ether oxygens (including phenoxy) is 1. The predicted octanol–water partition coefficient (Wildman–Crippen LogP) is 16.6. The third-order valence-electron chi connectivity index (χ3n) is 21.7. The lowest BCUT2D eigenvalue weighted by Crippen LogP contribution is -2.28. The topological polar surface area (TPSA) is 524 Å². The van der Waals surface area contributed by atoms with E-state index < -0.39 is 77.1 Å². The van der Waals surface area contributed by atoms with Crippen LogP contribution in [0.3, 0.4) is 0 Å². The number of halogens is 18. The standard InChI is InChI=1S/C16H18F3N5O.C16H20F3N5O.C15H16F3N5O.C14H14F3N5O.C14H16F3N5O.C13H14F3N5O2/c1-24-11(8-12(23-24)16(17,18)19)10-6-7-13(21-14(10)20)22-15(25)9-4-2-3-5-9;1-3-4-5-6-14(25)21-13-8-7-10(15(20)22-13)11-9-12(16(17,18)19)23-24(11)2;1-23-10(7-11(22-23)15(16,17)18)9-5-6-12(20-13(9)19)21-14(24)8-3-2-4-8;1-22-9(6-10(21-22)14(15,16)17)8-4-5-11(19-12(8)18)20-13(23)7-2-3-7;1-3-4-12(23)19-11-6-5-8(13(18)20-11)9-7-10(14(15,16)17)21-22(9)2;1-21-8(5-9(20-21)13(14,15)16)7-3-4-10(19-12(7)17)18-11(22)6-23-2/h6-9H,2-5H2,1H3,(H3,20,21,22,25);7-9H,3-6H2,1-2H3,(H3,20,21,22,25);5-8H,2-4H2,1H3,(H3,19,20,21,24);4-7H,2-3H2,1H3,(H3,18,19,20,23);5-7H,3-4H2,1-2H3,(H3,18,19,20,23);3-5H,6H2,1-2H3,(H3,17,18,19,22). The number of carbonyl (C=O) groups is 6. The molecule has 12 aromatic heterocycles. The number of nitrogens with one attached hydrogen (secondary N) is 6. The van der Waals surface area contributed by atoms with E-state index in [4.69, 9.17) is 34.4 Å². The van der Waals surface area contributed by atoms with Crippen LogP contribution in [0.5, 0.6) is 0 Å². The normalized spacial score (nSPS) is 13.4. The summed E-state index contributed by atoms with van der Waals surface area (Å²) in [5, 5.41) is 36.3. The monoisotopic (exact) mass is 2030 g/mol. The van der Waals surface area contributed by atoms with Crippen LogP contribution in [0.1, 0.15) is 144 Å². The summed E-state index contributed by atoms with van der Waals surface area (Å²) in [4.78, 5) is 94.6. The first kappa shape index (κ1) is 109. The molecule has 0 aliphatic heterocycles. The summed E-state index contributed by atoms with van der Waals surface area (Å²) in [6.45, 7) is 3.76. The molecule has 0 radical (unpaired) electrons. The Balaban J connectivity index is 0.000000176. The number of aryl methyl sites for hydroxylation is 6. The summed E-state index contributed by atoms with van der Waals surface area (Å²) in [5.74, 6) is 0.483. The van der Waals surface area contributed by atoms with Gasteiger partial charge in [0, 0.05) is 113 Å². The number of nitrogens with zero attached hydrogens (tertiary/aromatic N) is 18. The molecule has 0 bridgehead atoms. The maximum atomic E-state index is 12.8. The van der Waals surface area contributed by atoms with Gasteiger partial charge < -0.3 is 71.0 Å². The molecule has 3 fully saturated rings. The molecule has 12 heterocycles. The van der Waals surface area contributed by atoms with E-state index in [2.05, 4.69) is 97.1 Å². The summed E-state index contributed by atoms with van der Waals surface area (Å²) < 4.78 is 240. The molecular weight excluding hydrogens is 1930 g/mol. The van der Waals surface area contributed by atoms with Gasteiger partial charge in [-0.1, -0.05) is 46.0 Å². The Morgan fingerprint density at radius 2 is 0.510 bits per heavy atom. The fourth-order valence-corrected chi connectivity index (χ4v) is 14.1. The highest BCUT2D eigenvalue weighted by molar-refractivity contribution is 5.96. The van der Waals surface area contributed by atoms with Gasteiger partial charge in [0.1, 0.15) is 76.4 Å². The highest BCUT2D eigenvalue weighted by Crippen LogP contribution is 2.42. The lowest BCUT2D eigenvalue weighted by atomic mass is 9.85.